The summed E-state index contributed by atoms with van der Waals surface area (Å²) in [5, 5.41) is 5.43. The second-order valence-corrected chi connectivity index (χ2v) is 8.38. The predicted octanol–water partition coefficient (Wildman–Crippen LogP) is 4.75. The summed E-state index contributed by atoms with van der Waals surface area (Å²) in [5.41, 5.74) is 1.89. The van der Waals surface area contributed by atoms with Gasteiger partial charge in [0.1, 0.15) is 10.8 Å². The normalized spacial score (nSPS) is 13.3. The van der Waals surface area contributed by atoms with Gasteiger partial charge in [-0.1, -0.05) is 24.3 Å². The molecule has 0 unspecified atom stereocenters. The number of thiophene rings is 1. The Morgan fingerprint density at radius 1 is 1.19 bits per heavy atom. The summed E-state index contributed by atoms with van der Waals surface area (Å²) in [4.78, 5) is 29.2. The number of esters is 1. The maximum Gasteiger partial charge on any atom is 0.341 e. The number of hydrogen-bond donors (Lipinski definition) is 1. The topological polar surface area (TPSA) is 67.9 Å². The standard InChI is InChI=1S/C23H24N2O4S.ClH/c1-4-29-23(27)20-16-9-10-25(2)13-19(16)30-22(20)24-21(26)17-11-14-7-5-6-8-15(14)12-18(17)28-3;/h5-8,11-12H,4,9-10,13H2,1-3H3,(H,24,26);1H. The first-order valence-electron chi connectivity index (χ1n) is 9.90. The molecule has 1 aliphatic heterocycles. The molecule has 164 valence electrons. The van der Waals surface area contributed by atoms with Crippen LogP contribution in [0.15, 0.2) is 36.4 Å². The van der Waals surface area contributed by atoms with E-state index in [4.69, 9.17) is 9.47 Å². The Labute approximate surface area is 191 Å². The molecular weight excluding hydrogens is 436 g/mol. The number of fused-ring (bicyclic) bond motifs is 2. The zero-order valence-corrected chi connectivity index (χ0v) is 19.3. The number of anilines is 1. The molecule has 0 saturated heterocycles. The van der Waals surface area contributed by atoms with Gasteiger partial charge in [-0.25, -0.2) is 4.79 Å². The van der Waals surface area contributed by atoms with Crippen molar-refractivity contribution in [3.8, 4) is 5.75 Å². The quantitative estimate of drug-likeness (QED) is 0.556. The lowest BCUT2D eigenvalue weighted by Gasteiger charge is -2.22. The number of nitrogens with one attached hydrogen (secondary N) is 1. The Balaban J connectivity index is 0.00000272. The minimum Gasteiger partial charge on any atom is -0.496 e. The molecule has 0 bridgehead atoms. The van der Waals surface area contributed by atoms with Crippen LogP contribution in [0.4, 0.5) is 5.00 Å². The van der Waals surface area contributed by atoms with Gasteiger partial charge in [0.2, 0.25) is 0 Å². The van der Waals surface area contributed by atoms with Gasteiger partial charge in [0.15, 0.2) is 0 Å². The zero-order valence-electron chi connectivity index (χ0n) is 17.7. The van der Waals surface area contributed by atoms with Crippen LogP contribution in [-0.4, -0.2) is 44.1 Å². The number of rotatable bonds is 5. The minimum absolute atomic E-state index is 0. The molecule has 2 heterocycles. The summed E-state index contributed by atoms with van der Waals surface area (Å²) < 4.78 is 10.8. The smallest absolute Gasteiger partial charge is 0.341 e. The van der Waals surface area contributed by atoms with Crippen LogP contribution in [0.2, 0.25) is 0 Å². The van der Waals surface area contributed by atoms with Crippen molar-refractivity contribution in [2.45, 2.75) is 19.9 Å². The monoisotopic (exact) mass is 460 g/mol. The molecule has 2 aromatic carbocycles. The molecule has 0 spiro atoms. The summed E-state index contributed by atoms with van der Waals surface area (Å²) in [5.74, 6) is -0.208. The molecule has 8 heteroatoms. The lowest BCUT2D eigenvalue weighted by molar-refractivity contribution is 0.0526. The van der Waals surface area contributed by atoms with Gasteiger partial charge in [0.05, 0.1) is 24.8 Å². The fourth-order valence-electron chi connectivity index (χ4n) is 3.77. The van der Waals surface area contributed by atoms with Crippen LogP contribution >= 0.6 is 23.7 Å². The highest BCUT2D eigenvalue weighted by molar-refractivity contribution is 7.17. The van der Waals surface area contributed by atoms with Crippen molar-refractivity contribution in [2.24, 2.45) is 0 Å². The maximum atomic E-state index is 13.2. The van der Waals surface area contributed by atoms with Crippen LogP contribution in [0.1, 0.15) is 38.1 Å². The molecule has 0 fully saturated rings. The Kier molecular flexibility index (Phi) is 7.20. The van der Waals surface area contributed by atoms with Crippen LogP contribution in [0, 0.1) is 0 Å². The van der Waals surface area contributed by atoms with E-state index in [1.807, 2.05) is 43.4 Å². The average molecular weight is 461 g/mol. The Morgan fingerprint density at radius 3 is 2.58 bits per heavy atom. The Hall–Kier alpha value is -2.61. The van der Waals surface area contributed by atoms with Gasteiger partial charge in [0.25, 0.3) is 5.91 Å². The first-order chi connectivity index (χ1) is 14.5. The fraction of sp³-hybridized carbons (Fsp3) is 0.304. The molecule has 6 nitrogen and oxygen atoms in total. The molecule has 0 radical (unpaired) electrons. The maximum absolute atomic E-state index is 13.2. The molecule has 1 amide bonds. The van der Waals surface area contributed by atoms with E-state index in [1.54, 1.807) is 14.0 Å². The molecule has 0 aliphatic carbocycles. The van der Waals surface area contributed by atoms with Crippen LogP contribution in [0.3, 0.4) is 0 Å². The highest BCUT2D eigenvalue weighted by Crippen LogP contribution is 2.38. The SMILES string of the molecule is CCOC(=O)c1c(NC(=O)c2cc3ccccc3cc2OC)sc2c1CCN(C)C2.Cl. The highest BCUT2D eigenvalue weighted by Gasteiger charge is 2.29. The van der Waals surface area contributed by atoms with E-state index >= 15 is 0 Å². The Bertz CT molecular complexity index is 1130. The molecule has 31 heavy (non-hydrogen) atoms. The third-order valence-electron chi connectivity index (χ3n) is 5.27. The third-order valence-corrected chi connectivity index (χ3v) is 6.40. The highest BCUT2D eigenvalue weighted by atomic mass is 35.5. The average Bonchev–Trinajstić information content (AvgIpc) is 3.09. The summed E-state index contributed by atoms with van der Waals surface area (Å²) in [6, 6.07) is 11.5. The second kappa shape index (κ2) is 9.68. The number of halogens is 1. The molecule has 0 atom stereocenters. The number of ether oxygens (including phenoxy) is 2. The van der Waals surface area contributed by atoms with Crippen molar-refractivity contribution >= 4 is 51.4 Å². The molecule has 0 saturated carbocycles. The van der Waals surface area contributed by atoms with Crippen LogP contribution < -0.4 is 10.1 Å². The number of carbonyl (C=O) groups excluding carboxylic acids is 2. The first kappa shape index (κ1) is 23.1. The van der Waals surface area contributed by atoms with Crippen molar-refractivity contribution < 1.29 is 19.1 Å². The van der Waals surface area contributed by atoms with Gasteiger partial charge >= 0.3 is 5.97 Å². The van der Waals surface area contributed by atoms with Gasteiger partial charge in [-0.05, 0) is 48.9 Å². The van der Waals surface area contributed by atoms with E-state index in [0.29, 0.717) is 21.9 Å². The molecule has 4 rings (SSSR count). The zero-order chi connectivity index (χ0) is 21.3. The van der Waals surface area contributed by atoms with E-state index < -0.39 is 0 Å². The number of nitrogens with zero attached hydrogens (tertiary/aromatic N) is 1. The summed E-state index contributed by atoms with van der Waals surface area (Å²) >= 11 is 1.44. The van der Waals surface area contributed by atoms with Crippen LogP contribution in [-0.2, 0) is 17.7 Å². The van der Waals surface area contributed by atoms with Gasteiger partial charge in [-0.15, -0.1) is 23.7 Å². The third kappa shape index (κ3) is 4.54. The lowest BCUT2D eigenvalue weighted by atomic mass is 10.0. The van der Waals surface area contributed by atoms with Gasteiger partial charge in [-0.2, -0.15) is 0 Å². The predicted molar refractivity (Wildman–Crippen MR) is 126 cm³/mol. The van der Waals surface area contributed by atoms with Gasteiger partial charge < -0.3 is 19.7 Å². The minimum atomic E-state index is -0.389. The van der Waals surface area contributed by atoms with Gasteiger partial charge in [-0.3, -0.25) is 4.79 Å². The van der Waals surface area contributed by atoms with Crippen molar-refractivity contribution in [2.75, 3.05) is 32.6 Å². The van der Waals surface area contributed by atoms with E-state index in [-0.39, 0.29) is 30.9 Å². The summed E-state index contributed by atoms with van der Waals surface area (Å²) in [7, 11) is 3.59. The largest absolute Gasteiger partial charge is 0.496 e. The molecule has 1 aromatic heterocycles. The number of amides is 1. The molecule has 3 aromatic rings. The summed E-state index contributed by atoms with van der Waals surface area (Å²) in [6.45, 7) is 3.68. The second-order valence-electron chi connectivity index (χ2n) is 7.27. The number of carbonyl (C=O) groups is 2. The van der Waals surface area contributed by atoms with Crippen LogP contribution in [0.5, 0.6) is 5.75 Å². The van der Waals surface area contributed by atoms with Crippen molar-refractivity contribution in [1.29, 1.82) is 0 Å². The van der Waals surface area contributed by atoms with Crippen LogP contribution in [0.25, 0.3) is 10.8 Å². The van der Waals surface area contributed by atoms with Gasteiger partial charge in [0, 0.05) is 18.0 Å². The Morgan fingerprint density at radius 2 is 1.90 bits per heavy atom. The van der Waals surface area contributed by atoms with Crippen molar-refractivity contribution in [3.63, 3.8) is 0 Å². The van der Waals surface area contributed by atoms with E-state index in [0.717, 1.165) is 40.7 Å². The molecule has 1 aliphatic rings. The number of likely N-dealkylation sites (N-methyl/N-ethyl adjacent to an activating group) is 1. The fourth-order valence-corrected chi connectivity index (χ4v) is 5.09. The van der Waals surface area contributed by atoms with E-state index in [2.05, 4.69) is 10.2 Å². The molecular formula is C23H25ClN2O4S. The van der Waals surface area contributed by atoms with E-state index in [9.17, 15) is 9.59 Å². The number of hydrogen-bond acceptors (Lipinski definition) is 6. The lowest BCUT2D eigenvalue weighted by Crippen LogP contribution is -2.26. The van der Waals surface area contributed by atoms with Crippen molar-refractivity contribution in [1.82, 2.24) is 4.90 Å². The number of benzene rings is 2. The van der Waals surface area contributed by atoms with Crippen molar-refractivity contribution in [3.05, 3.63) is 58.0 Å². The molecule has 1 N–H and O–H groups in total. The first-order valence-corrected chi connectivity index (χ1v) is 10.7. The summed E-state index contributed by atoms with van der Waals surface area (Å²) in [6.07, 6.45) is 0.756. The van der Waals surface area contributed by atoms with E-state index in [1.165, 1.54) is 11.3 Å². The number of methoxy groups -OCH3 is 1.